The van der Waals surface area contributed by atoms with Crippen LogP contribution >= 0.6 is 0 Å². The smallest absolute Gasteiger partial charge is 0.273 e. The predicted molar refractivity (Wildman–Crippen MR) is 90.0 cm³/mol. The number of rotatable bonds is 3. The van der Waals surface area contributed by atoms with E-state index in [0.717, 1.165) is 17.8 Å². The summed E-state index contributed by atoms with van der Waals surface area (Å²) >= 11 is 0. The van der Waals surface area contributed by atoms with Gasteiger partial charge < -0.3 is 4.90 Å². The molecule has 0 N–H and O–H groups in total. The number of aromatic nitrogens is 5. The summed E-state index contributed by atoms with van der Waals surface area (Å²) in [6.45, 7) is 1.61. The Kier molecular flexibility index (Phi) is 5.33. The van der Waals surface area contributed by atoms with E-state index in [9.17, 15) is 17.6 Å². The van der Waals surface area contributed by atoms with Gasteiger partial charge in [0.2, 0.25) is 0 Å². The molecule has 0 bridgehead atoms. The minimum absolute atomic E-state index is 0.343. The zero-order valence-corrected chi connectivity index (χ0v) is 14.3. The third kappa shape index (κ3) is 4.57. The highest BCUT2D eigenvalue weighted by Crippen LogP contribution is 2.30. The van der Waals surface area contributed by atoms with Gasteiger partial charge in [-0.25, -0.2) is 32.2 Å². The van der Waals surface area contributed by atoms with Gasteiger partial charge in [-0.3, -0.25) is 0 Å². The molecule has 1 aromatic carbocycles. The third-order valence-corrected chi connectivity index (χ3v) is 3.86. The average Bonchev–Trinajstić information content (AvgIpc) is 3.14. The minimum Gasteiger partial charge on any atom is -0.363 e. The second kappa shape index (κ2) is 7.68. The Hall–Kier alpha value is -3.04. The van der Waals surface area contributed by atoms with Crippen molar-refractivity contribution >= 4 is 5.69 Å². The lowest BCUT2D eigenvalue weighted by atomic mass is 10.1. The summed E-state index contributed by atoms with van der Waals surface area (Å²) in [6, 6.07) is 3.41. The molecule has 0 amide bonds. The van der Waals surface area contributed by atoms with E-state index in [2.05, 4.69) is 20.3 Å². The first-order chi connectivity index (χ1) is 12.8. The first-order valence-corrected chi connectivity index (χ1v) is 8.03. The van der Waals surface area contributed by atoms with Gasteiger partial charge in [0, 0.05) is 6.92 Å². The normalized spacial score (nSPS) is 14.3. The van der Waals surface area contributed by atoms with E-state index < -0.39 is 23.5 Å². The molecule has 0 atom stereocenters. The summed E-state index contributed by atoms with van der Waals surface area (Å²) in [7, 11) is 0. The molecule has 0 radical (unpaired) electrons. The van der Waals surface area contributed by atoms with Gasteiger partial charge >= 0.3 is 0 Å². The van der Waals surface area contributed by atoms with Crippen LogP contribution in [0.5, 0.6) is 0 Å². The SMILES string of the molecule is CC(F)(F)c1cc(-n2ccnn2)ccc1F.FC1CN(c2cncnc2)C1. The summed E-state index contributed by atoms with van der Waals surface area (Å²) in [4.78, 5) is 9.58. The van der Waals surface area contributed by atoms with Crippen LogP contribution < -0.4 is 4.90 Å². The van der Waals surface area contributed by atoms with Crippen LogP contribution in [-0.2, 0) is 5.92 Å². The lowest BCUT2D eigenvalue weighted by molar-refractivity contribution is 0.0137. The third-order valence-electron chi connectivity index (χ3n) is 3.86. The standard InChI is InChI=1S/C10H8F3N3.C7H8FN3/c1-10(12,13)8-6-7(2-3-9(8)11)16-5-4-14-15-16;8-6-3-11(4-6)7-1-9-5-10-2-7/h2-6H,1H3;1-2,5-6H,3-4H2. The highest BCUT2D eigenvalue weighted by molar-refractivity contribution is 5.44. The molecular weight excluding hydrogens is 364 g/mol. The van der Waals surface area contributed by atoms with Gasteiger partial charge in [0.1, 0.15) is 18.3 Å². The lowest BCUT2D eigenvalue weighted by Crippen LogP contribution is -2.48. The van der Waals surface area contributed by atoms with Gasteiger partial charge in [-0.2, -0.15) is 0 Å². The number of hydrogen-bond acceptors (Lipinski definition) is 5. The Morgan fingerprint density at radius 3 is 2.37 bits per heavy atom. The monoisotopic (exact) mass is 380 g/mol. The number of nitrogens with zero attached hydrogens (tertiary/aromatic N) is 6. The Labute approximate surface area is 152 Å². The maximum absolute atomic E-state index is 13.2. The van der Waals surface area contributed by atoms with Crippen molar-refractivity contribution < 1.29 is 17.6 Å². The average molecular weight is 380 g/mol. The molecule has 0 saturated carbocycles. The van der Waals surface area contributed by atoms with Crippen molar-refractivity contribution in [3.8, 4) is 5.69 Å². The molecule has 3 aromatic rings. The number of alkyl halides is 3. The van der Waals surface area contributed by atoms with Crippen LogP contribution in [0.2, 0.25) is 0 Å². The minimum atomic E-state index is -3.22. The van der Waals surface area contributed by atoms with Gasteiger partial charge in [-0.1, -0.05) is 5.21 Å². The topological polar surface area (TPSA) is 59.7 Å². The molecule has 2 aromatic heterocycles. The van der Waals surface area contributed by atoms with Gasteiger partial charge in [0.05, 0.1) is 54.8 Å². The zero-order valence-electron chi connectivity index (χ0n) is 14.3. The molecule has 1 fully saturated rings. The van der Waals surface area contributed by atoms with Crippen molar-refractivity contribution in [1.82, 2.24) is 25.0 Å². The van der Waals surface area contributed by atoms with E-state index in [1.807, 2.05) is 4.90 Å². The molecule has 3 heterocycles. The highest BCUT2D eigenvalue weighted by atomic mass is 19.3. The Bertz CT molecular complexity index is 861. The fourth-order valence-electron chi connectivity index (χ4n) is 2.43. The number of hydrogen-bond donors (Lipinski definition) is 0. The van der Waals surface area contributed by atoms with Gasteiger partial charge in [-0.05, 0) is 18.2 Å². The number of benzene rings is 1. The summed E-state index contributed by atoms with van der Waals surface area (Å²) in [6.07, 6.45) is 7.08. The van der Waals surface area contributed by atoms with Crippen molar-refractivity contribution in [3.05, 3.63) is 60.7 Å². The molecule has 4 rings (SSSR count). The second-order valence-corrected chi connectivity index (χ2v) is 6.00. The fourth-order valence-corrected chi connectivity index (χ4v) is 2.43. The molecule has 27 heavy (non-hydrogen) atoms. The largest absolute Gasteiger partial charge is 0.363 e. The van der Waals surface area contributed by atoms with E-state index in [4.69, 9.17) is 0 Å². The van der Waals surface area contributed by atoms with E-state index in [0.29, 0.717) is 25.7 Å². The highest BCUT2D eigenvalue weighted by Gasteiger charge is 2.28. The van der Waals surface area contributed by atoms with E-state index in [1.165, 1.54) is 29.5 Å². The molecule has 0 aliphatic carbocycles. The zero-order chi connectivity index (χ0) is 19.4. The van der Waals surface area contributed by atoms with Gasteiger partial charge in [0.15, 0.2) is 0 Å². The first kappa shape index (κ1) is 18.7. The summed E-state index contributed by atoms with van der Waals surface area (Å²) in [5, 5.41) is 7.18. The fraction of sp³-hybridized carbons (Fsp3) is 0.294. The molecule has 1 aliphatic heterocycles. The van der Waals surface area contributed by atoms with Crippen LogP contribution in [0.3, 0.4) is 0 Å². The molecule has 1 aliphatic rings. The maximum atomic E-state index is 13.2. The van der Waals surface area contributed by atoms with E-state index >= 15 is 0 Å². The molecule has 0 unspecified atom stereocenters. The van der Waals surface area contributed by atoms with Gasteiger partial charge in [0.25, 0.3) is 5.92 Å². The summed E-state index contributed by atoms with van der Waals surface area (Å²) in [5.74, 6) is -4.16. The van der Waals surface area contributed by atoms with Crippen LogP contribution in [0.4, 0.5) is 23.2 Å². The molecule has 1 saturated heterocycles. The number of halogens is 4. The maximum Gasteiger partial charge on any atom is 0.273 e. The molecule has 10 heteroatoms. The summed E-state index contributed by atoms with van der Waals surface area (Å²) in [5.41, 5.74) is 0.595. The van der Waals surface area contributed by atoms with Crippen molar-refractivity contribution in [2.24, 2.45) is 0 Å². The van der Waals surface area contributed by atoms with Crippen molar-refractivity contribution in [2.75, 3.05) is 18.0 Å². The molecule has 142 valence electrons. The van der Waals surface area contributed by atoms with Crippen LogP contribution in [-0.4, -0.2) is 44.2 Å². The Morgan fingerprint density at radius 2 is 1.81 bits per heavy atom. The van der Waals surface area contributed by atoms with Crippen molar-refractivity contribution in [3.63, 3.8) is 0 Å². The van der Waals surface area contributed by atoms with E-state index in [-0.39, 0.29) is 0 Å². The van der Waals surface area contributed by atoms with Gasteiger partial charge in [-0.15, -0.1) is 5.10 Å². The van der Waals surface area contributed by atoms with Crippen LogP contribution in [0.15, 0.2) is 49.3 Å². The van der Waals surface area contributed by atoms with Crippen molar-refractivity contribution in [2.45, 2.75) is 19.0 Å². The summed E-state index contributed by atoms with van der Waals surface area (Å²) < 4.78 is 52.9. The quantitative estimate of drug-likeness (QED) is 0.654. The molecule has 6 nitrogen and oxygen atoms in total. The predicted octanol–water partition coefficient (Wildman–Crippen LogP) is 3.15. The molecule has 0 spiro atoms. The van der Waals surface area contributed by atoms with Crippen molar-refractivity contribution in [1.29, 1.82) is 0 Å². The lowest BCUT2D eigenvalue weighted by Gasteiger charge is -2.35. The van der Waals surface area contributed by atoms with Crippen LogP contribution in [0, 0.1) is 5.82 Å². The Morgan fingerprint density at radius 1 is 1.11 bits per heavy atom. The Balaban J connectivity index is 0.000000166. The second-order valence-electron chi connectivity index (χ2n) is 6.00. The van der Waals surface area contributed by atoms with Crippen LogP contribution in [0.25, 0.3) is 5.69 Å². The van der Waals surface area contributed by atoms with E-state index in [1.54, 1.807) is 12.4 Å². The molecular formula is C17H16F4N6. The first-order valence-electron chi connectivity index (χ1n) is 8.03. The van der Waals surface area contributed by atoms with Crippen LogP contribution in [0.1, 0.15) is 12.5 Å². The number of anilines is 1.